The minimum Gasteiger partial charge on any atom is -0.462 e. The summed E-state index contributed by atoms with van der Waals surface area (Å²) >= 11 is 0. The Bertz CT molecular complexity index is 909. The number of anilines is 1. The predicted molar refractivity (Wildman–Crippen MR) is 111 cm³/mol. The van der Waals surface area contributed by atoms with Crippen LogP contribution in [0, 0.1) is 5.82 Å². The van der Waals surface area contributed by atoms with Gasteiger partial charge in [-0.05, 0) is 61.4 Å². The van der Waals surface area contributed by atoms with E-state index in [4.69, 9.17) is 9.47 Å². The lowest BCUT2D eigenvalue weighted by molar-refractivity contribution is -0.142. The summed E-state index contributed by atoms with van der Waals surface area (Å²) in [6.45, 7) is 1.81. The number of carbonyl (C=O) groups excluding carboxylic acids is 4. The van der Waals surface area contributed by atoms with E-state index >= 15 is 0 Å². The second-order valence-corrected chi connectivity index (χ2v) is 6.71. The molecule has 0 heterocycles. The lowest BCUT2D eigenvalue weighted by atomic mass is 10.1. The molecule has 0 saturated heterocycles. The number of ketones is 1. The zero-order valence-corrected chi connectivity index (χ0v) is 17.2. The molecule has 0 aliphatic carbocycles. The monoisotopic (exact) mass is 429 g/mol. The lowest BCUT2D eigenvalue weighted by Crippen LogP contribution is -2.15. The molecule has 164 valence electrons. The zero-order valence-electron chi connectivity index (χ0n) is 17.2. The highest BCUT2D eigenvalue weighted by Gasteiger charge is 2.12. The van der Waals surface area contributed by atoms with Gasteiger partial charge in [0.25, 0.3) is 0 Å². The minimum absolute atomic E-state index is 0.0215. The fourth-order valence-electron chi connectivity index (χ4n) is 2.52. The van der Waals surface area contributed by atoms with E-state index in [1.54, 1.807) is 24.3 Å². The van der Waals surface area contributed by atoms with E-state index in [2.05, 4.69) is 5.32 Å². The molecule has 0 aliphatic rings. The Balaban J connectivity index is 1.67. The molecule has 7 nitrogen and oxygen atoms in total. The van der Waals surface area contributed by atoms with Crippen molar-refractivity contribution in [2.24, 2.45) is 0 Å². The van der Waals surface area contributed by atoms with Crippen molar-refractivity contribution in [1.29, 1.82) is 0 Å². The Kier molecular flexibility index (Phi) is 9.35. The average molecular weight is 429 g/mol. The molecule has 0 aliphatic heterocycles. The van der Waals surface area contributed by atoms with Gasteiger partial charge < -0.3 is 14.8 Å². The van der Waals surface area contributed by atoms with Gasteiger partial charge in [-0.3, -0.25) is 14.4 Å². The number of hydrogen-bond acceptors (Lipinski definition) is 6. The SMILES string of the molecule is CCCOC(=O)c1ccc(NC(=O)CCCC(=O)OCC(=O)c2ccc(F)cc2)cc1. The van der Waals surface area contributed by atoms with E-state index in [-0.39, 0.29) is 30.7 Å². The van der Waals surface area contributed by atoms with E-state index in [9.17, 15) is 23.6 Å². The van der Waals surface area contributed by atoms with Gasteiger partial charge in [-0.2, -0.15) is 0 Å². The number of halogens is 1. The second kappa shape index (κ2) is 12.2. The number of hydrogen-bond donors (Lipinski definition) is 1. The summed E-state index contributed by atoms with van der Waals surface area (Å²) in [5.41, 5.74) is 1.16. The van der Waals surface area contributed by atoms with E-state index in [0.717, 1.165) is 18.6 Å². The van der Waals surface area contributed by atoms with Gasteiger partial charge in [0.15, 0.2) is 12.4 Å². The van der Waals surface area contributed by atoms with Gasteiger partial charge in [0.05, 0.1) is 12.2 Å². The van der Waals surface area contributed by atoms with E-state index in [0.29, 0.717) is 17.9 Å². The molecule has 1 N–H and O–H groups in total. The van der Waals surface area contributed by atoms with Crippen LogP contribution < -0.4 is 5.32 Å². The van der Waals surface area contributed by atoms with Gasteiger partial charge >= 0.3 is 11.9 Å². The van der Waals surface area contributed by atoms with Crippen molar-refractivity contribution in [3.8, 4) is 0 Å². The van der Waals surface area contributed by atoms with E-state index in [1.807, 2.05) is 6.92 Å². The van der Waals surface area contributed by atoms with Crippen molar-refractivity contribution in [2.75, 3.05) is 18.5 Å². The zero-order chi connectivity index (χ0) is 22.6. The first-order valence-corrected chi connectivity index (χ1v) is 9.90. The van der Waals surface area contributed by atoms with Crippen molar-refractivity contribution in [1.82, 2.24) is 0 Å². The Morgan fingerprint density at radius 3 is 2.16 bits per heavy atom. The standard InChI is InChI=1S/C23H24FNO6/c1-2-14-30-23(29)17-8-12-19(13-9-17)25-21(27)4-3-5-22(28)31-15-20(26)16-6-10-18(24)11-7-16/h6-13H,2-5,14-15H2,1H3,(H,25,27). The quantitative estimate of drug-likeness (QED) is 0.429. The maximum Gasteiger partial charge on any atom is 0.338 e. The second-order valence-electron chi connectivity index (χ2n) is 6.71. The van der Waals surface area contributed by atoms with Gasteiger partial charge in [-0.1, -0.05) is 6.92 Å². The predicted octanol–water partition coefficient (Wildman–Crippen LogP) is 3.93. The smallest absolute Gasteiger partial charge is 0.338 e. The number of Topliss-reactive ketones (excluding diaryl/α,β-unsaturated/α-hetero) is 1. The van der Waals surface area contributed by atoms with Crippen LogP contribution in [0.3, 0.4) is 0 Å². The molecule has 0 fully saturated rings. The Morgan fingerprint density at radius 1 is 0.871 bits per heavy atom. The van der Waals surface area contributed by atoms with Crippen molar-refractivity contribution < 1.29 is 33.0 Å². The fourth-order valence-corrected chi connectivity index (χ4v) is 2.52. The summed E-state index contributed by atoms with van der Waals surface area (Å²) in [6.07, 6.45) is 1.04. The molecule has 1 amide bonds. The summed E-state index contributed by atoms with van der Waals surface area (Å²) in [7, 11) is 0. The molecule has 2 aromatic carbocycles. The van der Waals surface area contributed by atoms with Crippen LogP contribution in [-0.4, -0.2) is 36.8 Å². The van der Waals surface area contributed by atoms with Crippen LogP contribution in [0.2, 0.25) is 0 Å². The number of ether oxygens (including phenoxy) is 2. The highest BCUT2D eigenvalue weighted by Crippen LogP contribution is 2.12. The van der Waals surface area contributed by atoms with Gasteiger partial charge in [-0.25, -0.2) is 9.18 Å². The highest BCUT2D eigenvalue weighted by atomic mass is 19.1. The molecule has 0 saturated carbocycles. The molecule has 0 atom stereocenters. The van der Waals surface area contributed by atoms with Crippen LogP contribution in [0.25, 0.3) is 0 Å². The first-order chi connectivity index (χ1) is 14.9. The Hall–Kier alpha value is -3.55. The first kappa shape index (κ1) is 23.7. The maximum absolute atomic E-state index is 12.8. The van der Waals surface area contributed by atoms with Gasteiger partial charge in [0.1, 0.15) is 5.82 Å². The summed E-state index contributed by atoms with van der Waals surface area (Å²) < 4.78 is 22.8. The van der Waals surface area contributed by atoms with Crippen LogP contribution in [-0.2, 0) is 19.1 Å². The third kappa shape index (κ3) is 8.38. The van der Waals surface area contributed by atoms with E-state index in [1.165, 1.54) is 12.1 Å². The number of amides is 1. The molecule has 2 aromatic rings. The average Bonchev–Trinajstić information content (AvgIpc) is 2.76. The molecular weight excluding hydrogens is 405 g/mol. The number of benzene rings is 2. The molecule has 31 heavy (non-hydrogen) atoms. The van der Waals surface area contributed by atoms with E-state index < -0.39 is 30.1 Å². The first-order valence-electron chi connectivity index (χ1n) is 9.90. The third-order valence-electron chi connectivity index (χ3n) is 4.16. The van der Waals surface area contributed by atoms with Crippen molar-refractivity contribution in [2.45, 2.75) is 32.6 Å². The van der Waals surface area contributed by atoms with Crippen molar-refractivity contribution in [3.05, 3.63) is 65.5 Å². The Labute approximate surface area is 179 Å². The molecule has 0 aromatic heterocycles. The van der Waals surface area contributed by atoms with Crippen molar-refractivity contribution >= 4 is 29.3 Å². The largest absolute Gasteiger partial charge is 0.462 e. The minimum atomic E-state index is -0.599. The third-order valence-corrected chi connectivity index (χ3v) is 4.16. The molecule has 0 spiro atoms. The number of rotatable bonds is 11. The summed E-state index contributed by atoms with van der Waals surface area (Å²) in [4.78, 5) is 47.3. The van der Waals surface area contributed by atoms with Crippen LogP contribution in [0.5, 0.6) is 0 Å². The maximum atomic E-state index is 12.8. The summed E-state index contributed by atoms with van der Waals surface area (Å²) in [5, 5.41) is 2.67. The van der Waals surface area contributed by atoms with Gasteiger partial charge in [0.2, 0.25) is 5.91 Å². The molecule has 0 radical (unpaired) electrons. The van der Waals surface area contributed by atoms with Gasteiger partial charge in [-0.15, -0.1) is 0 Å². The lowest BCUT2D eigenvalue weighted by Gasteiger charge is -2.07. The number of nitrogens with one attached hydrogen (secondary N) is 1. The molecular formula is C23H24FNO6. The summed E-state index contributed by atoms with van der Waals surface area (Å²) in [6, 6.07) is 11.2. The van der Waals surface area contributed by atoms with Crippen molar-refractivity contribution in [3.63, 3.8) is 0 Å². The van der Waals surface area contributed by atoms with Crippen LogP contribution in [0.15, 0.2) is 48.5 Å². The van der Waals surface area contributed by atoms with Crippen LogP contribution in [0.1, 0.15) is 53.3 Å². The summed E-state index contributed by atoms with van der Waals surface area (Å²) in [5.74, 6) is -2.21. The highest BCUT2D eigenvalue weighted by molar-refractivity contribution is 5.98. The molecule has 8 heteroatoms. The number of esters is 2. The molecule has 2 rings (SSSR count). The molecule has 0 unspecified atom stereocenters. The molecule has 0 bridgehead atoms. The normalized spacial score (nSPS) is 10.3. The van der Waals surface area contributed by atoms with Crippen LogP contribution in [0.4, 0.5) is 10.1 Å². The number of carbonyl (C=O) groups is 4. The Morgan fingerprint density at radius 2 is 1.52 bits per heavy atom. The fraction of sp³-hybridized carbons (Fsp3) is 0.304. The topological polar surface area (TPSA) is 98.8 Å². The van der Waals surface area contributed by atoms with Gasteiger partial charge in [0, 0.05) is 24.1 Å². The van der Waals surface area contributed by atoms with Crippen LogP contribution >= 0.6 is 0 Å².